The molecular formula is C21H22N6O5. The highest BCUT2D eigenvalue weighted by Crippen LogP contribution is 2.46. The van der Waals surface area contributed by atoms with Gasteiger partial charge in [0.2, 0.25) is 17.7 Å². The normalized spacial score (nSPS) is 26.2. The van der Waals surface area contributed by atoms with Crippen LogP contribution in [0.1, 0.15) is 19.4 Å². The van der Waals surface area contributed by atoms with Crippen molar-refractivity contribution in [3.05, 3.63) is 30.2 Å². The number of fused-ring (bicyclic) bond motifs is 4. The number of rotatable bonds is 2. The second-order valence-corrected chi connectivity index (χ2v) is 8.28. The van der Waals surface area contributed by atoms with Gasteiger partial charge >= 0.3 is 6.03 Å². The highest BCUT2D eigenvalue weighted by Gasteiger charge is 2.62. The van der Waals surface area contributed by atoms with Gasteiger partial charge in [0.1, 0.15) is 5.69 Å². The Bertz CT molecular complexity index is 1120. The molecule has 0 unspecified atom stereocenters. The number of ether oxygens (including phenoxy) is 2. The van der Waals surface area contributed by atoms with Crippen molar-refractivity contribution in [3.8, 4) is 17.3 Å². The summed E-state index contributed by atoms with van der Waals surface area (Å²) in [6, 6.07) is 0.393. The van der Waals surface area contributed by atoms with Crippen molar-refractivity contribution in [1.29, 1.82) is 0 Å². The van der Waals surface area contributed by atoms with Gasteiger partial charge in [0.25, 0.3) is 0 Å². The first-order valence-electron chi connectivity index (χ1n) is 10.3. The minimum absolute atomic E-state index is 0.0868. The highest BCUT2D eigenvalue weighted by molar-refractivity contribution is 6.20. The van der Waals surface area contributed by atoms with Crippen LogP contribution in [0.3, 0.4) is 0 Å². The van der Waals surface area contributed by atoms with E-state index in [1.165, 1.54) is 13.3 Å². The number of hydrogen-bond acceptors (Lipinski definition) is 9. The molecule has 2 aromatic heterocycles. The number of barbiturate groups is 1. The van der Waals surface area contributed by atoms with Gasteiger partial charge in [0, 0.05) is 13.0 Å². The summed E-state index contributed by atoms with van der Waals surface area (Å²) in [5.74, 6) is -0.910. The van der Waals surface area contributed by atoms with E-state index in [-0.39, 0.29) is 12.5 Å². The second-order valence-electron chi connectivity index (χ2n) is 8.28. The molecule has 0 saturated carbocycles. The maximum Gasteiger partial charge on any atom is 0.328 e. The standard InChI is InChI=1S/C21H22N6O5/c1-10-9-27-15-7-23-13(14-6-22-8-16(24-14)31-3)4-12(15)5-21(17(27)11(2)32-10)18(28)25-20(30)26-19(21)29/h4,6-8,10-11,17H,5,9H2,1-3H3,(H2,25,26,28,29,30)/t10-,11+,17-/m1/s1. The monoisotopic (exact) mass is 438 g/mol. The molecule has 32 heavy (non-hydrogen) atoms. The molecule has 2 fully saturated rings. The van der Waals surface area contributed by atoms with Crippen molar-refractivity contribution in [2.75, 3.05) is 18.6 Å². The van der Waals surface area contributed by atoms with E-state index >= 15 is 0 Å². The van der Waals surface area contributed by atoms with E-state index in [0.29, 0.717) is 23.8 Å². The third-order valence-corrected chi connectivity index (χ3v) is 6.28. The molecule has 2 N–H and O–H groups in total. The number of hydrogen-bond donors (Lipinski definition) is 2. The molecular weight excluding hydrogens is 416 g/mol. The maximum absolute atomic E-state index is 13.2. The van der Waals surface area contributed by atoms with Crippen LogP contribution in [0.2, 0.25) is 0 Å². The number of methoxy groups -OCH3 is 1. The Balaban J connectivity index is 1.66. The summed E-state index contributed by atoms with van der Waals surface area (Å²) in [6.45, 7) is 4.24. The van der Waals surface area contributed by atoms with E-state index in [0.717, 1.165) is 11.3 Å². The number of morpholine rings is 1. The summed E-state index contributed by atoms with van der Waals surface area (Å²) >= 11 is 0. The molecule has 5 rings (SSSR count). The van der Waals surface area contributed by atoms with Crippen molar-refractivity contribution in [2.45, 2.75) is 38.5 Å². The van der Waals surface area contributed by atoms with Gasteiger partial charge in [-0.2, -0.15) is 0 Å². The first-order chi connectivity index (χ1) is 15.3. The molecule has 2 saturated heterocycles. The maximum atomic E-state index is 13.2. The van der Waals surface area contributed by atoms with Crippen LogP contribution >= 0.6 is 0 Å². The molecule has 11 heteroatoms. The number of amides is 4. The van der Waals surface area contributed by atoms with Crippen LogP contribution in [0.4, 0.5) is 10.5 Å². The summed E-state index contributed by atoms with van der Waals surface area (Å²) < 4.78 is 11.2. The third kappa shape index (κ3) is 2.92. The quantitative estimate of drug-likeness (QED) is 0.640. The lowest BCUT2D eigenvalue weighted by molar-refractivity contribution is -0.153. The molecule has 0 bridgehead atoms. The molecule has 0 aromatic carbocycles. The SMILES string of the molecule is COc1cncc(-c2cc3c(cn2)N2C[C@@H](C)O[C@@H](C)[C@@H]2C2(C3)C(=O)NC(=O)NC2=O)n1. The van der Waals surface area contributed by atoms with E-state index in [2.05, 4.69) is 25.6 Å². The summed E-state index contributed by atoms with van der Waals surface area (Å²) in [5, 5.41) is 4.56. The summed E-state index contributed by atoms with van der Waals surface area (Å²) in [5.41, 5.74) is 1.07. The number of anilines is 1. The minimum atomic E-state index is -1.53. The predicted molar refractivity (Wildman–Crippen MR) is 111 cm³/mol. The summed E-state index contributed by atoms with van der Waals surface area (Å²) in [6.07, 6.45) is 4.32. The molecule has 5 heterocycles. The lowest BCUT2D eigenvalue weighted by Crippen LogP contribution is -2.75. The molecule has 3 atom stereocenters. The zero-order valence-electron chi connectivity index (χ0n) is 17.8. The van der Waals surface area contributed by atoms with E-state index in [9.17, 15) is 14.4 Å². The van der Waals surface area contributed by atoms with Crippen molar-refractivity contribution in [1.82, 2.24) is 25.6 Å². The van der Waals surface area contributed by atoms with Crippen molar-refractivity contribution >= 4 is 23.5 Å². The van der Waals surface area contributed by atoms with Gasteiger partial charge in [-0.15, -0.1) is 0 Å². The van der Waals surface area contributed by atoms with Crippen LogP contribution in [0.25, 0.3) is 11.4 Å². The summed E-state index contributed by atoms with van der Waals surface area (Å²) in [4.78, 5) is 53.3. The number of pyridine rings is 1. The Morgan fingerprint density at radius 1 is 1.12 bits per heavy atom. The van der Waals surface area contributed by atoms with Gasteiger partial charge in [-0.25, -0.2) is 9.78 Å². The van der Waals surface area contributed by atoms with Crippen molar-refractivity contribution < 1.29 is 23.9 Å². The number of carbonyl (C=O) groups is 3. The fourth-order valence-electron chi connectivity index (χ4n) is 5.04. The first-order valence-corrected chi connectivity index (χ1v) is 10.3. The second kappa shape index (κ2) is 7.23. The number of carbonyl (C=O) groups excluding carboxylic acids is 3. The van der Waals surface area contributed by atoms with Crippen LogP contribution in [-0.2, 0) is 20.7 Å². The Morgan fingerprint density at radius 3 is 2.59 bits per heavy atom. The first kappa shape index (κ1) is 20.3. The molecule has 2 aromatic rings. The van der Waals surface area contributed by atoms with Crippen molar-refractivity contribution in [2.24, 2.45) is 5.41 Å². The highest BCUT2D eigenvalue weighted by atomic mass is 16.5. The molecule has 11 nitrogen and oxygen atoms in total. The number of urea groups is 1. The Labute approximate surface area is 183 Å². The van der Waals surface area contributed by atoms with Gasteiger partial charge in [-0.3, -0.25) is 30.2 Å². The molecule has 1 spiro atoms. The number of imide groups is 2. The zero-order valence-corrected chi connectivity index (χ0v) is 17.8. The van der Waals surface area contributed by atoms with Gasteiger partial charge in [-0.05, 0) is 25.5 Å². The minimum Gasteiger partial charge on any atom is -0.480 e. The number of nitrogens with zero attached hydrogens (tertiary/aromatic N) is 4. The van der Waals surface area contributed by atoms with Gasteiger partial charge in [0.05, 0.1) is 55.3 Å². The van der Waals surface area contributed by atoms with Crippen LogP contribution in [0, 0.1) is 5.41 Å². The van der Waals surface area contributed by atoms with Gasteiger partial charge < -0.3 is 14.4 Å². The number of nitrogens with one attached hydrogen (secondary N) is 2. The van der Waals surface area contributed by atoms with Crippen LogP contribution < -0.4 is 20.3 Å². The molecule has 4 amide bonds. The smallest absolute Gasteiger partial charge is 0.328 e. The lowest BCUT2D eigenvalue weighted by Gasteiger charge is -2.55. The Hall–Kier alpha value is -3.60. The summed E-state index contributed by atoms with van der Waals surface area (Å²) in [7, 11) is 1.50. The van der Waals surface area contributed by atoms with Gasteiger partial charge in [0.15, 0.2) is 5.41 Å². The van der Waals surface area contributed by atoms with Crippen LogP contribution in [-0.4, -0.2) is 64.7 Å². The average Bonchev–Trinajstić information content (AvgIpc) is 2.76. The average molecular weight is 438 g/mol. The fraction of sp³-hybridized carbons (Fsp3) is 0.429. The molecule has 3 aliphatic rings. The molecule has 3 aliphatic heterocycles. The fourth-order valence-corrected chi connectivity index (χ4v) is 5.04. The van der Waals surface area contributed by atoms with E-state index in [1.54, 1.807) is 18.5 Å². The number of aromatic nitrogens is 3. The third-order valence-electron chi connectivity index (χ3n) is 6.28. The van der Waals surface area contributed by atoms with E-state index in [1.807, 2.05) is 18.7 Å². The lowest BCUT2D eigenvalue weighted by atomic mass is 9.67. The largest absolute Gasteiger partial charge is 0.480 e. The Kier molecular flexibility index (Phi) is 4.59. The molecule has 0 aliphatic carbocycles. The topological polar surface area (TPSA) is 136 Å². The van der Waals surface area contributed by atoms with Gasteiger partial charge in [-0.1, -0.05) is 0 Å². The van der Waals surface area contributed by atoms with Crippen molar-refractivity contribution in [3.63, 3.8) is 0 Å². The zero-order chi connectivity index (χ0) is 22.6. The Morgan fingerprint density at radius 2 is 1.88 bits per heavy atom. The van der Waals surface area contributed by atoms with E-state index < -0.39 is 35.4 Å². The van der Waals surface area contributed by atoms with E-state index in [4.69, 9.17) is 9.47 Å². The van der Waals surface area contributed by atoms with Crippen LogP contribution in [0.15, 0.2) is 24.7 Å². The molecule has 0 radical (unpaired) electrons. The predicted octanol–water partition coefficient (Wildman–Crippen LogP) is 0.438. The molecule has 166 valence electrons. The van der Waals surface area contributed by atoms with Crippen LogP contribution in [0.5, 0.6) is 5.88 Å².